The van der Waals surface area contributed by atoms with Crippen molar-refractivity contribution in [3.05, 3.63) is 18.2 Å². The summed E-state index contributed by atoms with van der Waals surface area (Å²) in [4.78, 5) is 2.36. The minimum Gasteiger partial charge on any atom is -0.495 e. The van der Waals surface area contributed by atoms with E-state index in [4.69, 9.17) is 16.2 Å². The third kappa shape index (κ3) is 2.05. The van der Waals surface area contributed by atoms with Crippen molar-refractivity contribution in [2.45, 2.75) is 25.3 Å². The lowest BCUT2D eigenvalue weighted by atomic mass is 9.99. The Hall–Kier alpha value is -1.42. The SMILES string of the molecule is COc1cc(N2CCCC2(C)CN)ccc1N. The Morgan fingerprint density at radius 1 is 1.47 bits per heavy atom. The maximum absolute atomic E-state index is 5.90. The number of hydrogen-bond donors (Lipinski definition) is 2. The molecule has 1 aliphatic rings. The summed E-state index contributed by atoms with van der Waals surface area (Å²) in [6.07, 6.45) is 2.32. The van der Waals surface area contributed by atoms with Gasteiger partial charge in [0, 0.05) is 30.4 Å². The Morgan fingerprint density at radius 2 is 2.24 bits per heavy atom. The van der Waals surface area contributed by atoms with Gasteiger partial charge < -0.3 is 21.1 Å². The van der Waals surface area contributed by atoms with E-state index in [0.717, 1.165) is 24.4 Å². The summed E-state index contributed by atoms with van der Waals surface area (Å²) >= 11 is 0. The number of benzene rings is 1. The van der Waals surface area contributed by atoms with Crippen LogP contribution < -0.4 is 21.1 Å². The average Bonchev–Trinajstić information content (AvgIpc) is 2.73. The molecule has 1 heterocycles. The third-order valence-corrected chi connectivity index (χ3v) is 3.72. The first kappa shape index (κ1) is 12.0. The molecule has 0 aromatic heterocycles. The van der Waals surface area contributed by atoms with Gasteiger partial charge in [-0.25, -0.2) is 0 Å². The first-order valence-corrected chi connectivity index (χ1v) is 6.02. The first-order valence-electron chi connectivity index (χ1n) is 6.02. The molecule has 1 saturated heterocycles. The second-order valence-corrected chi connectivity index (χ2v) is 4.88. The van der Waals surface area contributed by atoms with Gasteiger partial charge in [0.25, 0.3) is 0 Å². The molecular weight excluding hydrogens is 214 g/mol. The van der Waals surface area contributed by atoms with Gasteiger partial charge in [-0.15, -0.1) is 0 Å². The monoisotopic (exact) mass is 235 g/mol. The lowest BCUT2D eigenvalue weighted by Gasteiger charge is -2.36. The van der Waals surface area contributed by atoms with E-state index in [0.29, 0.717) is 12.2 Å². The number of nitrogen functional groups attached to an aromatic ring is 1. The molecule has 1 fully saturated rings. The van der Waals surface area contributed by atoms with Gasteiger partial charge in [0.1, 0.15) is 5.75 Å². The van der Waals surface area contributed by atoms with Gasteiger partial charge >= 0.3 is 0 Å². The fourth-order valence-corrected chi connectivity index (χ4v) is 2.54. The summed E-state index contributed by atoms with van der Waals surface area (Å²) in [5.74, 6) is 0.730. The summed E-state index contributed by atoms with van der Waals surface area (Å²) in [6, 6.07) is 5.93. The average molecular weight is 235 g/mol. The van der Waals surface area contributed by atoms with Crippen molar-refractivity contribution in [1.29, 1.82) is 0 Å². The van der Waals surface area contributed by atoms with Crippen molar-refractivity contribution in [3.8, 4) is 5.75 Å². The topological polar surface area (TPSA) is 64.5 Å². The fourth-order valence-electron chi connectivity index (χ4n) is 2.54. The fraction of sp³-hybridized carbons (Fsp3) is 0.538. The van der Waals surface area contributed by atoms with Gasteiger partial charge in [0.15, 0.2) is 0 Å². The molecule has 2 rings (SSSR count). The van der Waals surface area contributed by atoms with Crippen molar-refractivity contribution in [2.24, 2.45) is 5.73 Å². The molecule has 4 N–H and O–H groups in total. The Balaban J connectivity index is 2.34. The van der Waals surface area contributed by atoms with Crippen molar-refractivity contribution >= 4 is 11.4 Å². The Kier molecular flexibility index (Phi) is 3.15. The van der Waals surface area contributed by atoms with E-state index in [1.165, 1.54) is 6.42 Å². The van der Waals surface area contributed by atoms with Gasteiger partial charge in [-0.1, -0.05) is 0 Å². The summed E-state index contributed by atoms with van der Waals surface area (Å²) in [6.45, 7) is 3.92. The number of nitrogens with two attached hydrogens (primary N) is 2. The van der Waals surface area contributed by atoms with Crippen LogP contribution in [0.2, 0.25) is 0 Å². The molecule has 0 saturated carbocycles. The molecule has 0 bridgehead atoms. The van der Waals surface area contributed by atoms with E-state index < -0.39 is 0 Å². The van der Waals surface area contributed by atoms with Gasteiger partial charge in [-0.05, 0) is 31.9 Å². The van der Waals surface area contributed by atoms with Crippen LogP contribution in [-0.2, 0) is 0 Å². The first-order chi connectivity index (χ1) is 8.10. The molecule has 4 nitrogen and oxygen atoms in total. The van der Waals surface area contributed by atoms with Crippen LogP contribution in [0.1, 0.15) is 19.8 Å². The number of hydrogen-bond acceptors (Lipinski definition) is 4. The summed E-state index contributed by atoms with van der Waals surface area (Å²) in [5, 5.41) is 0. The lowest BCUT2D eigenvalue weighted by Crippen LogP contribution is -2.47. The van der Waals surface area contributed by atoms with E-state index in [1.54, 1.807) is 7.11 Å². The van der Waals surface area contributed by atoms with Gasteiger partial charge in [0.2, 0.25) is 0 Å². The Bertz CT molecular complexity index is 408. The lowest BCUT2D eigenvalue weighted by molar-refractivity contribution is 0.416. The molecule has 1 atom stereocenters. The molecule has 1 aliphatic heterocycles. The minimum absolute atomic E-state index is 0.0567. The Morgan fingerprint density at radius 3 is 2.88 bits per heavy atom. The van der Waals surface area contributed by atoms with Crippen LogP contribution in [0.25, 0.3) is 0 Å². The summed E-state index contributed by atoms with van der Waals surface area (Å²) in [7, 11) is 1.64. The zero-order valence-corrected chi connectivity index (χ0v) is 10.6. The van der Waals surface area contributed by atoms with Gasteiger partial charge in [-0.2, -0.15) is 0 Å². The zero-order valence-electron chi connectivity index (χ0n) is 10.6. The zero-order chi connectivity index (χ0) is 12.5. The van der Waals surface area contributed by atoms with E-state index in [-0.39, 0.29) is 5.54 Å². The molecule has 17 heavy (non-hydrogen) atoms. The van der Waals surface area contributed by atoms with Crippen LogP contribution >= 0.6 is 0 Å². The van der Waals surface area contributed by atoms with Crippen molar-refractivity contribution in [1.82, 2.24) is 0 Å². The molecule has 0 spiro atoms. The van der Waals surface area contributed by atoms with Crippen LogP contribution in [0.4, 0.5) is 11.4 Å². The predicted octanol–water partition coefficient (Wildman–Crippen LogP) is 1.59. The molecule has 0 amide bonds. The maximum Gasteiger partial charge on any atom is 0.143 e. The van der Waals surface area contributed by atoms with Crippen LogP contribution in [0.3, 0.4) is 0 Å². The highest BCUT2D eigenvalue weighted by Gasteiger charge is 2.35. The van der Waals surface area contributed by atoms with E-state index >= 15 is 0 Å². The highest BCUT2D eigenvalue weighted by Crippen LogP contribution is 2.36. The number of nitrogens with zero attached hydrogens (tertiary/aromatic N) is 1. The molecule has 1 aromatic carbocycles. The van der Waals surface area contributed by atoms with E-state index in [2.05, 4.69) is 11.8 Å². The largest absolute Gasteiger partial charge is 0.495 e. The molecule has 0 aliphatic carbocycles. The number of anilines is 2. The van der Waals surface area contributed by atoms with Crippen LogP contribution in [0.15, 0.2) is 18.2 Å². The smallest absolute Gasteiger partial charge is 0.143 e. The normalized spacial score (nSPS) is 24.1. The number of methoxy groups -OCH3 is 1. The van der Waals surface area contributed by atoms with Crippen molar-refractivity contribution < 1.29 is 4.74 Å². The summed E-state index contributed by atoms with van der Waals surface area (Å²) in [5.41, 5.74) is 13.6. The predicted molar refractivity (Wildman–Crippen MR) is 71.4 cm³/mol. The quantitative estimate of drug-likeness (QED) is 0.781. The van der Waals surface area contributed by atoms with Crippen LogP contribution in [0.5, 0.6) is 5.75 Å². The van der Waals surface area contributed by atoms with Crippen LogP contribution in [-0.4, -0.2) is 25.7 Å². The van der Waals surface area contributed by atoms with E-state index in [1.807, 2.05) is 18.2 Å². The van der Waals surface area contributed by atoms with Gasteiger partial charge in [0.05, 0.1) is 12.8 Å². The molecule has 1 aromatic rings. The van der Waals surface area contributed by atoms with Crippen LogP contribution in [0, 0.1) is 0 Å². The molecule has 1 unspecified atom stereocenters. The minimum atomic E-state index is 0.0567. The molecule has 94 valence electrons. The standard InChI is InChI=1S/C13H21N3O/c1-13(9-14)6-3-7-16(13)10-4-5-11(15)12(8-10)17-2/h4-5,8H,3,6-7,9,14-15H2,1-2H3. The van der Waals surface area contributed by atoms with Gasteiger partial charge in [-0.3, -0.25) is 0 Å². The number of rotatable bonds is 3. The second-order valence-electron chi connectivity index (χ2n) is 4.88. The van der Waals surface area contributed by atoms with Crippen molar-refractivity contribution in [3.63, 3.8) is 0 Å². The van der Waals surface area contributed by atoms with Crippen molar-refractivity contribution in [2.75, 3.05) is 30.8 Å². The number of ether oxygens (including phenoxy) is 1. The highest BCUT2D eigenvalue weighted by molar-refractivity contribution is 5.63. The molecule has 4 heteroatoms. The molecule has 0 radical (unpaired) electrons. The van der Waals surface area contributed by atoms with E-state index in [9.17, 15) is 0 Å². The maximum atomic E-state index is 5.90. The summed E-state index contributed by atoms with van der Waals surface area (Å²) < 4.78 is 5.26. The second kappa shape index (κ2) is 4.45. The Labute approximate surface area is 103 Å². The highest BCUT2D eigenvalue weighted by atomic mass is 16.5. The molecular formula is C13H21N3O. The third-order valence-electron chi connectivity index (χ3n) is 3.72.